The Kier molecular flexibility index (Phi) is 8.00. The van der Waals surface area contributed by atoms with Crippen molar-refractivity contribution >= 4 is 81.0 Å². The number of rotatable bonds is 10. The van der Waals surface area contributed by atoms with Gasteiger partial charge in [0.05, 0.1) is 12.1 Å². The number of nitrogens with one attached hydrogen (secondary N) is 1. The van der Waals surface area contributed by atoms with Gasteiger partial charge in [-0.1, -0.05) is 16.9 Å². The minimum atomic E-state index is -1.26. The molecule has 2 aliphatic rings. The summed E-state index contributed by atoms with van der Waals surface area (Å²) in [5.41, 5.74) is 6.30. The van der Waals surface area contributed by atoms with E-state index < -0.39 is 35.2 Å². The largest absolute Gasteiger partial charge is 0.481 e. The fourth-order valence-electron chi connectivity index (χ4n) is 3.52. The average Bonchev–Trinajstić information content (AvgIpc) is 3.42. The Balaban J connectivity index is 1.47. The van der Waals surface area contributed by atoms with Crippen molar-refractivity contribution in [3.63, 3.8) is 0 Å². The molecule has 2 amide bonds. The summed E-state index contributed by atoms with van der Waals surface area (Å²) in [6.45, 7) is 1.72. The first kappa shape index (κ1) is 26.8. The lowest BCUT2D eigenvalue weighted by Gasteiger charge is -2.49. The molecule has 14 nitrogen and oxygen atoms in total. The molecule has 2 aromatic heterocycles. The molecule has 4 heterocycles. The van der Waals surface area contributed by atoms with E-state index in [4.69, 9.17) is 15.7 Å². The number of β-lactam (4-membered cyclic amide) rings is 1. The van der Waals surface area contributed by atoms with E-state index in [1.165, 1.54) is 42.0 Å². The molecule has 0 bridgehead atoms. The second-order valence-corrected chi connectivity index (χ2v) is 11.7. The van der Waals surface area contributed by atoms with Crippen molar-refractivity contribution in [2.45, 2.75) is 29.1 Å². The number of fused-ring (bicyclic) bond motifs is 1. The number of oxime groups is 1. The van der Waals surface area contributed by atoms with E-state index in [0.29, 0.717) is 26.2 Å². The van der Waals surface area contributed by atoms with Crippen LogP contribution < -0.4 is 11.1 Å². The molecule has 2 atom stereocenters. The number of carbonyl (C=O) groups excluding carboxylic acids is 2. The molecule has 0 saturated carbocycles. The minimum Gasteiger partial charge on any atom is -0.481 e. The van der Waals surface area contributed by atoms with E-state index in [9.17, 15) is 24.3 Å². The van der Waals surface area contributed by atoms with E-state index >= 15 is 0 Å². The fraction of sp³-hybridized carbons (Fsp3) is 0.368. The predicted octanol–water partition coefficient (Wildman–Crippen LogP) is 0.394. The van der Waals surface area contributed by atoms with Crippen molar-refractivity contribution in [3.8, 4) is 0 Å². The number of thioether (sulfide) groups is 2. The molecule has 0 radical (unpaired) electrons. The number of anilines is 1. The maximum Gasteiger partial charge on any atom is 0.352 e. The molecule has 1 saturated heterocycles. The topological polar surface area (TPSA) is 210 Å². The summed E-state index contributed by atoms with van der Waals surface area (Å²) in [5.74, 6) is -3.06. The van der Waals surface area contributed by atoms with Gasteiger partial charge < -0.3 is 26.1 Å². The Morgan fingerprint density at radius 3 is 2.70 bits per heavy atom. The molecule has 196 valence electrons. The summed E-state index contributed by atoms with van der Waals surface area (Å²) in [5, 5.41) is 24.6. The molecular formula is C19H19N7O7S4. The van der Waals surface area contributed by atoms with Gasteiger partial charge in [-0.05, 0) is 12.5 Å². The van der Waals surface area contributed by atoms with Gasteiger partial charge in [0.2, 0.25) is 11.5 Å². The summed E-state index contributed by atoms with van der Waals surface area (Å²) in [6, 6.07) is -0.987. The summed E-state index contributed by atoms with van der Waals surface area (Å²) in [7, 11) is 1.24. The van der Waals surface area contributed by atoms with Crippen LogP contribution in [0.15, 0.2) is 20.8 Å². The fourth-order valence-corrected chi connectivity index (χ4v) is 7.67. The van der Waals surface area contributed by atoms with Crippen molar-refractivity contribution in [2.24, 2.45) is 5.16 Å². The maximum atomic E-state index is 12.9. The standard InChI is InChI=1S/C19H19N7O7S4/c1-6-8(3-9(27)28)36-19(21-6)35-5-7-4-34-16-11(15(30)26(16)12(7)17(31)32)22-14(29)10(24-33-2)13-23-18(20)37-25-13/h11,16H,3-5H2,1-2H3,(H,22,29)(H,27,28)(H,31,32)(H2,20,23,25)/b24-10-/t11-,16-/m1/s1. The maximum absolute atomic E-state index is 12.9. The normalized spacial score (nSPS) is 19.4. The lowest BCUT2D eigenvalue weighted by molar-refractivity contribution is -0.150. The third-order valence-electron chi connectivity index (χ3n) is 5.14. The van der Waals surface area contributed by atoms with Crippen LogP contribution in [0.2, 0.25) is 0 Å². The molecule has 0 spiro atoms. The van der Waals surface area contributed by atoms with Crippen LogP contribution in [0.5, 0.6) is 0 Å². The second-order valence-electron chi connectivity index (χ2n) is 7.54. The lowest BCUT2D eigenvalue weighted by atomic mass is 10.0. The summed E-state index contributed by atoms with van der Waals surface area (Å²) >= 11 is 4.70. The summed E-state index contributed by atoms with van der Waals surface area (Å²) < 4.78 is 4.54. The number of hydrogen-bond acceptors (Lipinski definition) is 14. The number of aryl methyl sites for hydroxylation is 1. The SMILES string of the molecule is CO/N=C(\C(=O)N[C@@H]1C(=O)N2C(C(=O)O)=C(CSc3nc(C)c(CC(=O)O)s3)CS[C@H]12)c1nsc(N)n1. The zero-order valence-electron chi connectivity index (χ0n) is 19.2. The second kappa shape index (κ2) is 11.0. The number of carboxylic acids is 2. The number of aromatic nitrogens is 3. The monoisotopic (exact) mass is 585 g/mol. The number of nitrogens with zero attached hydrogens (tertiary/aromatic N) is 5. The van der Waals surface area contributed by atoms with Gasteiger partial charge >= 0.3 is 11.9 Å². The molecule has 0 aromatic carbocycles. The molecule has 2 aliphatic heterocycles. The highest BCUT2D eigenvalue weighted by Crippen LogP contribution is 2.42. The van der Waals surface area contributed by atoms with Gasteiger partial charge in [0.15, 0.2) is 9.47 Å². The van der Waals surface area contributed by atoms with Gasteiger partial charge in [-0.2, -0.15) is 9.36 Å². The van der Waals surface area contributed by atoms with Gasteiger partial charge in [0.1, 0.15) is 24.2 Å². The first-order valence-corrected chi connectivity index (χ1v) is 14.0. The van der Waals surface area contributed by atoms with Crippen molar-refractivity contribution in [1.82, 2.24) is 24.6 Å². The molecule has 18 heteroatoms. The van der Waals surface area contributed by atoms with Crippen LogP contribution in [-0.4, -0.2) is 89.0 Å². The third-order valence-corrected chi connectivity index (χ3v) is 9.41. The van der Waals surface area contributed by atoms with E-state index in [2.05, 4.69) is 24.8 Å². The number of thiazole rings is 1. The van der Waals surface area contributed by atoms with E-state index in [0.717, 1.165) is 16.4 Å². The average molecular weight is 586 g/mol. The molecule has 2 aromatic rings. The van der Waals surface area contributed by atoms with Gasteiger partial charge in [0, 0.05) is 27.9 Å². The summed E-state index contributed by atoms with van der Waals surface area (Å²) in [6.07, 6.45) is -0.136. The van der Waals surface area contributed by atoms with Crippen LogP contribution in [0.3, 0.4) is 0 Å². The zero-order valence-corrected chi connectivity index (χ0v) is 22.4. The zero-order chi connectivity index (χ0) is 26.9. The quantitative estimate of drug-likeness (QED) is 0.129. The third kappa shape index (κ3) is 5.55. The Labute approximate surface area is 225 Å². The molecular weight excluding hydrogens is 567 g/mol. The van der Waals surface area contributed by atoms with E-state index in [-0.39, 0.29) is 34.5 Å². The lowest BCUT2D eigenvalue weighted by Crippen LogP contribution is -2.71. The molecule has 0 aliphatic carbocycles. The number of nitrogen functional groups attached to an aromatic ring is 1. The molecule has 5 N–H and O–H groups in total. The smallest absolute Gasteiger partial charge is 0.352 e. The highest BCUT2D eigenvalue weighted by atomic mass is 32.2. The van der Waals surface area contributed by atoms with Gasteiger partial charge in [0.25, 0.3) is 11.8 Å². The number of amides is 2. The first-order chi connectivity index (χ1) is 17.6. The van der Waals surface area contributed by atoms with Crippen LogP contribution >= 0.6 is 46.4 Å². The van der Waals surface area contributed by atoms with Crippen LogP contribution in [0.1, 0.15) is 16.4 Å². The van der Waals surface area contributed by atoms with E-state index in [1.807, 2.05) is 0 Å². The summed E-state index contributed by atoms with van der Waals surface area (Å²) in [4.78, 5) is 63.6. The number of aliphatic carboxylic acids is 2. The van der Waals surface area contributed by atoms with Crippen LogP contribution in [-0.2, 0) is 30.4 Å². The molecule has 37 heavy (non-hydrogen) atoms. The van der Waals surface area contributed by atoms with Crippen molar-refractivity contribution in [2.75, 3.05) is 24.3 Å². The number of hydrogen-bond donors (Lipinski definition) is 4. The van der Waals surface area contributed by atoms with Gasteiger partial charge in [-0.25, -0.2) is 9.78 Å². The Morgan fingerprint density at radius 2 is 2.08 bits per heavy atom. The van der Waals surface area contributed by atoms with Crippen LogP contribution in [0.25, 0.3) is 0 Å². The predicted molar refractivity (Wildman–Crippen MR) is 136 cm³/mol. The first-order valence-electron chi connectivity index (χ1n) is 10.3. The molecule has 1 fully saturated rings. The number of carboxylic acid groups (broad SMARTS) is 2. The van der Waals surface area contributed by atoms with Crippen molar-refractivity contribution in [1.29, 1.82) is 0 Å². The Hall–Kier alpha value is -3.22. The molecule has 0 unspecified atom stereocenters. The number of nitrogens with two attached hydrogens (primary N) is 1. The van der Waals surface area contributed by atoms with Crippen LogP contribution in [0, 0.1) is 6.92 Å². The minimum absolute atomic E-state index is 0.0591. The Morgan fingerprint density at radius 1 is 1.32 bits per heavy atom. The highest BCUT2D eigenvalue weighted by molar-refractivity contribution is 8.01. The van der Waals surface area contributed by atoms with Crippen molar-refractivity contribution in [3.05, 3.63) is 27.7 Å². The van der Waals surface area contributed by atoms with E-state index in [1.54, 1.807) is 6.92 Å². The Bertz CT molecular complexity index is 1340. The molecule has 4 rings (SSSR count). The van der Waals surface area contributed by atoms with Gasteiger partial charge in [-0.3, -0.25) is 19.3 Å². The number of carbonyl (C=O) groups is 4. The van der Waals surface area contributed by atoms with Crippen molar-refractivity contribution < 1.29 is 34.2 Å². The highest BCUT2D eigenvalue weighted by Gasteiger charge is 2.54. The van der Waals surface area contributed by atoms with Gasteiger partial charge in [-0.15, -0.1) is 23.1 Å². The van der Waals surface area contributed by atoms with Crippen LogP contribution in [0.4, 0.5) is 5.13 Å².